The summed E-state index contributed by atoms with van der Waals surface area (Å²) in [5.74, 6) is -1.18. The van der Waals surface area contributed by atoms with Crippen molar-refractivity contribution in [2.24, 2.45) is 0 Å². The van der Waals surface area contributed by atoms with Gasteiger partial charge in [-0.15, -0.1) is 0 Å². The summed E-state index contributed by atoms with van der Waals surface area (Å²) in [5, 5.41) is 11.5. The third-order valence-electron chi connectivity index (χ3n) is 2.06. The Morgan fingerprint density at radius 1 is 1.11 bits per heavy atom. The first kappa shape index (κ1) is 12.3. The molecule has 1 aromatic heterocycles. The Morgan fingerprint density at radius 2 is 1.78 bits per heavy atom. The van der Waals surface area contributed by atoms with Crippen LogP contribution in [0, 0.1) is 23.0 Å². The third-order valence-corrected chi connectivity index (χ3v) is 2.25. The fourth-order valence-corrected chi connectivity index (χ4v) is 1.61. The summed E-state index contributed by atoms with van der Waals surface area (Å²) >= 11 is 5.71. The molecule has 0 spiro atoms. The molecule has 90 valence electrons. The second-order valence-electron chi connectivity index (χ2n) is 3.46. The molecule has 1 aromatic carbocycles. The highest BCUT2D eigenvalue weighted by atomic mass is 35.5. The molecule has 0 fully saturated rings. The standard InChI is InChI=1S/C12H6ClF2N3/c13-11-1-7(6-16)2-12(18-11)17-10-4-8(14)3-9(15)5-10/h1-5H,(H,17,18). The van der Waals surface area contributed by atoms with E-state index in [1.165, 1.54) is 12.1 Å². The first-order valence-electron chi connectivity index (χ1n) is 4.87. The Labute approximate surface area is 107 Å². The summed E-state index contributed by atoms with van der Waals surface area (Å²) in [6.07, 6.45) is 0. The molecule has 0 atom stereocenters. The van der Waals surface area contributed by atoms with E-state index in [9.17, 15) is 8.78 Å². The van der Waals surface area contributed by atoms with Crippen LogP contribution in [0.4, 0.5) is 20.3 Å². The van der Waals surface area contributed by atoms with Crippen molar-refractivity contribution in [3.63, 3.8) is 0 Å². The van der Waals surface area contributed by atoms with E-state index in [2.05, 4.69) is 10.3 Å². The molecule has 3 nitrogen and oxygen atoms in total. The second kappa shape index (κ2) is 4.98. The molecule has 18 heavy (non-hydrogen) atoms. The van der Waals surface area contributed by atoms with Crippen LogP contribution >= 0.6 is 11.6 Å². The van der Waals surface area contributed by atoms with Crippen LogP contribution in [0.2, 0.25) is 5.15 Å². The quantitative estimate of drug-likeness (QED) is 0.844. The number of pyridine rings is 1. The lowest BCUT2D eigenvalue weighted by Gasteiger charge is -2.06. The van der Waals surface area contributed by atoms with Gasteiger partial charge in [0.05, 0.1) is 11.6 Å². The van der Waals surface area contributed by atoms with Gasteiger partial charge in [-0.3, -0.25) is 0 Å². The van der Waals surface area contributed by atoms with Crippen molar-refractivity contribution < 1.29 is 8.78 Å². The number of benzene rings is 1. The van der Waals surface area contributed by atoms with Crippen LogP contribution < -0.4 is 5.32 Å². The van der Waals surface area contributed by atoms with Crippen molar-refractivity contribution in [1.29, 1.82) is 5.26 Å². The third kappa shape index (κ3) is 2.93. The number of nitrogens with zero attached hydrogens (tertiary/aromatic N) is 2. The predicted molar refractivity (Wildman–Crippen MR) is 63.6 cm³/mol. The van der Waals surface area contributed by atoms with Gasteiger partial charge in [0.25, 0.3) is 0 Å². The number of rotatable bonds is 2. The maximum absolute atomic E-state index is 13.0. The number of hydrogen-bond donors (Lipinski definition) is 1. The van der Waals surface area contributed by atoms with Crippen LogP contribution in [0.15, 0.2) is 30.3 Å². The Bertz CT molecular complexity index is 617. The Morgan fingerprint density at radius 3 is 2.39 bits per heavy atom. The first-order valence-corrected chi connectivity index (χ1v) is 5.25. The minimum atomic E-state index is -0.708. The number of anilines is 2. The number of hydrogen-bond acceptors (Lipinski definition) is 3. The normalized spacial score (nSPS) is 9.89. The van der Waals surface area contributed by atoms with Crippen LogP contribution in [0.1, 0.15) is 5.56 Å². The molecule has 1 N–H and O–H groups in total. The molecule has 0 bridgehead atoms. The number of nitrogens with one attached hydrogen (secondary N) is 1. The fraction of sp³-hybridized carbons (Fsp3) is 0. The minimum Gasteiger partial charge on any atom is -0.340 e. The highest BCUT2D eigenvalue weighted by Crippen LogP contribution is 2.20. The maximum atomic E-state index is 13.0. The van der Waals surface area contributed by atoms with Gasteiger partial charge in [0.2, 0.25) is 0 Å². The average Bonchev–Trinajstić information content (AvgIpc) is 2.26. The monoisotopic (exact) mass is 265 g/mol. The van der Waals surface area contributed by atoms with Crippen molar-refractivity contribution in [3.8, 4) is 6.07 Å². The van der Waals surface area contributed by atoms with E-state index >= 15 is 0 Å². The molecule has 2 aromatic rings. The van der Waals surface area contributed by atoms with Crippen molar-refractivity contribution in [2.75, 3.05) is 5.32 Å². The highest BCUT2D eigenvalue weighted by molar-refractivity contribution is 6.29. The lowest BCUT2D eigenvalue weighted by Crippen LogP contribution is -1.96. The van der Waals surface area contributed by atoms with Crippen molar-refractivity contribution in [1.82, 2.24) is 4.98 Å². The molecule has 0 amide bonds. The van der Waals surface area contributed by atoms with Crippen LogP contribution in [0.5, 0.6) is 0 Å². The zero-order valence-corrected chi connectivity index (χ0v) is 9.67. The van der Waals surface area contributed by atoms with Gasteiger partial charge in [0.15, 0.2) is 0 Å². The molecular formula is C12H6ClF2N3. The van der Waals surface area contributed by atoms with E-state index < -0.39 is 11.6 Å². The highest BCUT2D eigenvalue weighted by Gasteiger charge is 2.04. The van der Waals surface area contributed by atoms with Crippen LogP contribution in [0.25, 0.3) is 0 Å². The van der Waals surface area contributed by atoms with E-state index in [-0.39, 0.29) is 16.7 Å². The number of nitriles is 1. The molecule has 0 radical (unpaired) electrons. The van der Waals surface area contributed by atoms with Crippen molar-refractivity contribution in [2.45, 2.75) is 0 Å². The molecule has 0 aliphatic heterocycles. The van der Waals surface area contributed by atoms with Gasteiger partial charge >= 0.3 is 0 Å². The van der Waals surface area contributed by atoms with Crippen LogP contribution in [-0.2, 0) is 0 Å². The SMILES string of the molecule is N#Cc1cc(Cl)nc(Nc2cc(F)cc(F)c2)c1. The number of halogens is 3. The first-order chi connectivity index (χ1) is 8.56. The molecule has 1 heterocycles. The average molecular weight is 266 g/mol. The van der Waals surface area contributed by atoms with Gasteiger partial charge in [-0.05, 0) is 24.3 Å². The van der Waals surface area contributed by atoms with E-state index in [1.807, 2.05) is 6.07 Å². The van der Waals surface area contributed by atoms with E-state index in [4.69, 9.17) is 16.9 Å². The smallest absolute Gasteiger partial charge is 0.133 e. The van der Waals surface area contributed by atoms with Gasteiger partial charge in [-0.2, -0.15) is 5.26 Å². The summed E-state index contributed by atoms with van der Waals surface area (Å²) in [5.41, 5.74) is 0.487. The summed E-state index contributed by atoms with van der Waals surface area (Å²) in [4.78, 5) is 3.89. The maximum Gasteiger partial charge on any atom is 0.133 e. The van der Waals surface area contributed by atoms with E-state index in [0.717, 1.165) is 18.2 Å². The van der Waals surface area contributed by atoms with Gasteiger partial charge in [-0.25, -0.2) is 13.8 Å². The predicted octanol–water partition coefficient (Wildman–Crippen LogP) is 3.63. The molecule has 0 unspecified atom stereocenters. The Hall–Kier alpha value is -2.19. The lowest BCUT2D eigenvalue weighted by molar-refractivity contribution is 0.584. The molecule has 0 saturated carbocycles. The second-order valence-corrected chi connectivity index (χ2v) is 3.85. The lowest BCUT2D eigenvalue weighted by atomic mass is 10.2. The van der Waals surface area contributed by atoms with Gasteiger partial charge in [0.1, 0.15) is 22.6 Å². The van der Waals surface area contributed by atoms with Crippen LogP contribution in [-0.4, -0.2) is 4.98 Å². The number of aromatic nitrogens is 1. The van der Waals surface area contributed by atoms with Gasteiger partial charge in [0, 0.05) is 11.8 Å². The Kier molecular flexibility index (Phi) is 3.40. The largest absolute Gasteiger partial charge is 0.340 e. The van der Waals surface area contributed by atoms with E-state index in [0.29, 0.717) is 5.56 Å². The summed E-state index contributed by atoms with van der Waals surface area (Å²) < 4.78 is 26.0. The molecule has 6 heteroatoms. The van der Waals surface area contributed by atoms with Crippen molar-refractivity contribution in [3.05, 3.63) is 52.7 Å². The van der Waals surface area contributed by atoms with E-state index in [1.54, 1.807) is 0 Å². The van der Waals surface area contributed by atoms with Crippen LogP contribution in [0.3, 0.4) is 0 Å². The Balaban J connectivity index is 2.34. The van der Waals surface area contributed by atoms with Gasteiger partial charge in [-0.1, -0.05) is 11.6 Å². The van der Waals surface area contributed by atoms with Crippen molar-refractivity contribution >= 4 is 23.1 Å². The summed E-state index contributed by atoms with van der Waals surface area (Å²) in [6, 6.07) is 7.70. The molecule has 2 rings (SSSR count). The summed E-state index contributed by atoms with van der Waals surface area (Å²) in [6.45, 7) is 0. The molecular weight excluding hydrogens is 260 g/mol. The molecule has 0 aliphatic rings. The molecule has 0 saturated heterocycles. The fourth-order valence-electron chi connectivity index (χ4n) is 1.40. The summed E-state index contributed by atoms with van der Waals surface area (Å²) in [7, 11) is 0. The molecule has 0 aliphatic carbocycles. The van der Waals surface area contributed by atoms with Gasteiger partial charge < -0.3 is 5.32 Å². The zero-order valence-electron chi connectivity index (χ0n) is 8.92. The topological polar surface area (TPSA) is 48.7 Å². The zero-order chi connectivity index (χ0) is 13.1. The minimum absolute atomic E-state index is 0.119.